The lowest BCUT2D eigenvalue weighted by atomic mass is 9.72. The van der Waals surface area contributed by atoms with Crippen LogP contribution in [0.25, 0.3) is 16.9 Å². The zero-order valence-electron chi connectivity index (χ0n) is 16.6. The molecule has 1 amide bonds. The van der Waals surface area contributed by atoms with Crippen molar-refractivity contribution >= 4 is 11.6 Å². The van der Waals surface area contributed by atoms with Crippen molar-refractivity contribution in [2.24, 2.45) is 11.5 Å². The monoisotopic (exact) mass is 397 g/mol. The molecule has 2 heterocycles. The van der Waals surface area contributed by atoms with Crippen LogP contribution in [0.5, 0.6) is 0 Å². The summed E-state index contributed by atoms with van der Waals surface area (Å²) in [6, 6.07) is 21.9. The van der Waals surface area contributed by atoms with E-state index in [9.17, 15) is 4.79 Å². The maximum Gasteiger partial charge on any atom is 0.269 e. The van der Waals surface area contributed by atoms with Crippen molar-refractivity contribution in [1.29, 1.82) is 0 Å². The highest BCUT2D eigenvalue weighted by Crippen LogP contribution is 2.38. The Balaban J connectivity index is 1.57. The van der Waals surface area contributed by atoms with Crippen molar-refractivity contribution in [3.63, 3.8) is 0 Å². The van der Waals surface area contributed by atoms with Crippen LogP contribution >= 0.6 is 0 Å². The molecular formula is C24H23N5O. The van der Waals surface area contributed by atoms with Crippen molar-refractivity contribution < 1.29 is 4.79 Å². The first-order valence-electron chi connectivity index (χ1n) is 10.2. The van der Waals surface area contributed by atoms with Gasteiger partial charge in [0.2, 0.25) is 0 Å². The maximum absolute atomic E-state index is 11.6. The molecule has 0 bridgehead atoms. The zero-order chi connectivity index (χ0) is 20.7. The summed E-state index contributed by atoms with van der Waals surface area (Å²) in [5.41, 5.74) is 17.7. The SMILES string of the molecule is NC(=O)c1ccc2nc(Cc3ccc(C4(N)CCC4)cc3)c(-c3ccccc3)n2n1. The number of nitrogens with zero attached hydrogens (tertiary/aromatic N) is 3. The molecule has 1 aliphatic rings. The molecule has 1 saturated carbocycles. The number of nitrogens with two attached hydrogens (primary N) is 2. The summed E-state index contributed by atoms with van der Waals surface area (Å²) in [5.74, 6) is -0.562. The fourth-order valence-electron chi connectivity index (χ4n) is 4.11. The van der Waals surface area contributed by atoms with E-state index in [1.54, 1.807) is 16.6 Å². The van der Waals surface area contributed by atoms with E-state index < -0.39 is 5.91 Å². The molecule has 1 fully saturated rings. The smallest absolute Gasteiger partial charge is 0.269 e. The lowest BCUT2D eigenvalue weighted by molar-refractivity contribution is 0.0994. The first-order valence-corrected chi connectivity index (χ1v) is 10.2. The number of carbonyl (C=O) groups is 1. The van der Waals surface area contributed by atoms with Crippen LogP contribution in [-0.2, 0) is 12.0 Å². The first-order chi connectivity index (χ1) is 14.5. The molecule has 4 N–H and O–H groups in total. The second kappa shape index (κ2) is 7.07. The highest BCUT2D eigenvalue weighted by atomic mass is 16.1. The molecule has 0 spiro atoms. The predicted octanol–water partition coefficient (Wildman–Crippen LogP) is 3.42. The maximum atomic E-state index is 11.6. The molecule has 2 aromatic carbocycles. The van der Waals surface area contributed by atoms with Crippen LogP contribution in [0.4, 0.5) is 0 Å². The van der Waals surface area contributed by atoms with Crippen molar-refractivity contribution in [3.8, 4) is 11.3 Å². The molecule has 0 aliphatic heterocycles. The van der Waals surface area contributed by atoms with Gasteiger partial charge in [-0.1, -0.05) is 54.6 Å². The number of hydrogen-bond acceptors (Lipinski definition) is 4. The highest BCUT2D eigenvalue weighted by Gasteiger charge is 2.34. The van der Waals surface area contributed by atoms with Gasteiger partial charge in [-0.3, -0.25) is 4.79 Å². The minimum absolute atomic E-state index is 0.161. The van der Waals surface area contributed by atoms with Crippen LogP contribution in [0.2, 0.25) is 0 Å². The molecule has 0 saturated heterocycles. The molecule has 0 unspecified atom stereocenters. The molecule has 0 atom stereocenters. The quantitative estimate of drug-likeness (QED) is 0.539. The van der Waals surface area contributed by atoms with Gasteiger partial charge >= 0.3 is 0 Å². The standard InChI is InChI=1S/C24H23N5O/c25-23(30)19-11-12-21-27-20(22(29(21)28-19)17-5-2-1-3-6-17)15-16-7-9-18(10-8-16)24(26)13-4-14-24/h1-3,5-12H,4,13-15,26H2,(H2,25,30). The third-order valence-electron chi connectivity index (χ3n) is 6.00. The molecule has 0 radical (unpaired) electrons. The Bertz CT molecular complexity index is 1220. The van der Waals surface area contributed by atoms with E-state index in [4.69, 9.17) is 16.5 Å². The van der Waals surface area contributed by atoms with Crippen molar-refractivity contribution in [1.82, 2.24) is 14.6 Å². The fourth-order valence-corrected chi connectivity index (χ4v) is 4.11. The number of fused-ring (bicyclic) bond motifs is 1. The molecule has 1 aliphatic carbocycles. The zero-order valence-corrected chi connectivity index (χ0v) is 16.6. The summed E-state index contributed by atoms with van der Waals surface area (Å²) in [6.45, 7) is 0. The molecular weight excluding hydrogens is 374 g/mol. The van der Waals surface area contributed by atoms with Crippen molar-refractivity contribution in [3.05, 3.63) is 89.2 Å². The van der Waals surface area contributed by atoms with Crippen LogP contribution in [-0.4, -0.2) is 20.5 Å². The van der Waals surface area contributed by atoms with Gasteiger partial charge in [0.25, 0.3) is 5.91 Å². The van der Waals surface area contributed by atoms with Crippen LogP contribution in [0.15, 0.2) is 66.7 Å². The number of rotatable bonds is 5. The molecule has 6 nitrogen and oxygen atoms in total. The van der Waals surface area contributed by atoms with Crippen LogP contribution in [0.1, 0.15) is 46.6 Å². The third-order valence-corrected chi connectivity index (χ3v) is 6.00. The summed E-state index contributed by atoms with van der Waals surface area (Å²) in [5, 5.41) is 4.44. The third kappa shape index (κ3) is 3.15. The van der Waals surface area contributed by atoms with Gasteiger partial charge < -0.3 is 11.5 Å². The van der Waals surface area contributed by atoms with Crippen molar-refractivity contribution in [2.75, 3.05) is 0 Å². The largest absolute Gasteiger partial charge is 0.364 e. The van der Waals surface area contributed by atoms with Crippen LogP contribution < -0.4 is 11.5 Å². The molecule has 4 aromatic rings. The highest BCUT2D eigenvalue weighted by molar-refractivity contribution is 5.90. The Hall–Kier alpha value is -3.51. The molecule has 2 aromatic heterocycles. The van der Waals surface area contributed by atoms with E-state index >= 15 is 0 Å². The normalized spacial score (nSPS) is 15.1. The minimum Gasteiger partial charge on any atom is -0.364 e. The van der Waals surface area contributed by atoms with Gasteiger partial charge in [-0.25, -0.2) is 9.50 Å². The molecule has 5 rings (SSSR count). The van der Waals surface area contributed by atoms with E-state index in [0.717, 1.165) is 35.4 Å². The summed E-state index contributed by atoms with van der Waals surface area (Å²) in [4.78, 5) is 16.5. The summed E-state index contributed by atoms with van der Waals surface area (Å²) < 4.78 is 1.71. The van der Waals surface area contributed by atoms with E-state index in [-0.39, 0.29) is 11.2 Å². The van der Waals surface area contributed by atoms with E-state index in [1.165, 1.54) is 12.0 Å². The Morgan fingerprint density at radius 1 is 1.00 bits per heavy atom. The molecule has 6 heteroatoms. The van der Waals surface area contributed by atoms with Crippen LogP contribution in [0.3, 0.4) is 0 Å². The first kappa shape index (κ1) is 18.5. The predicted molar refractivity (Wildman–Crippen MR) is 116 cm³/mol. The fraction of sp³-hybridized carbons (Fsp3) is 0.208. The lowest BCUT2D eigenvalue weighted by Crippen LogP contribution is -2.43. The minimum atomic E-state index is -0.562. The van der Waals surface area contributed by atoms with E-state index in [0.29, 0.717) is 12.1 Å². The topological polar surface area (TPSA) is 99.3 Å². The number of benzene rings is 2. The number of primary amides is 1. The van der Waals surface area contributed by atoms with Crippen molar-refractivity contribution in [2.45, 2.75) is 31.2 Å². The number of amides is 1. The van der Waals surface area contributed by atoms with Crippen LogP contribution in [0, 0.1) is 0 Å². The van der Waals surface area contributed by atoms with Gasteiger partial charge in [-0.15, -0.1) is 0 Å². The van der Waals surface area contributed by atoms with Gasteiger partial charge in [0.05, 0.1) is 11.4 Å². The molecule has 150 valence electrons. The number of hydrogen-bond donors (Lipinski definition) is 2. The summed E-state index contributed by atoms with van der Waals surface area (Å²) >= 11 is 0. The van der Waals surface area contributed by atoms with Gasteiger partial charge in [0.15, 0.2) is 5.65 Å². The number of imidazole rings is 1. The van der Waals surface area contributed by atoms with Gasteiger partial charge in [-0.05, 0) is 42.5 Å². The second-order valence-electron chi connectivity index (χ2n) is 8.01. The van der Waals surface area contributed by atoms with Gasteiger partial charge in [-0.2, -0.15) is 5.10 Å². The van der Waals surface area contributed by atoms with E-state index in [1.807, 2.05) is 30.3 Å². The summed E-state index contributed by atoms with van der Waals surface area (Å²) in [7, 11) is 0. The van der Waals surface area contributed by atoms with Gasteiger partial charge in [0, 0.05) is 17.5 Å². The Morgan fingerprint density at radius 2 is 1.73 bits per heavy atom. The average molecular weight is 397 g/mol. The Labute approximate surface area is 174 Å². The lowest BCUT2D eigenvalue weighted by Gasteiger charge is -2.38. The average Bonchev–Trinajstić information content (AvgIpc) is 3.10. The van der Waals surface area contributed by atoms with Gasteiger partial charge in [0.1, 0.15) is 5.69 Å². The Kier molecular flexibility index (Phi) is 4.37. The molecule has 30 heavy (non-hydrogen) atoms. The second-order valence-corrected chi connectivity index (χ2v) is 8.01. The van der Waals surface area contributed by atoms with E-state index in [2.05, 4.69) is 29.4 Å². The number of carbonyl (C=O) groups excluding carboxylic acids is 1. The Morgan fingerprint density at radius 3 is 2.37 bits per heavy atom. The number of aromatic nitrogens is 3. The summed E-state index contributed by atoms with van der Waals surface area (Å²) in [6.07, 6.45) is 3.94.